The van der Waals surface area contributed by atoms with Gasteiger partial charge in [-0.15, -0.1) is 0 Å². The number of aromatic nitrogens is 2. The first-order valence-corrected chi connectivity index (χ1v) is 14.4. The predicted molar refractivity (Wildman–Crippen MR) is 142 cm³/mol. The second kappa shape index (κ2) is 10.5. The Morgan fingerprint density at radius 1 is 1.13 bits per heavy atom. The molecule has 198 valence electrons. The van der Waals surface area contributed by atoms with Gasteiger partial charge in [-0.3, -0.25) is 14.7 Å². The molecule has 0 N–H and O–H groups in total. The SMILES string of the molecule is Cc1cc(C)c2nc(N(Cc3cccnc3)C(=O)C3CCN(S(=O)(=O)c4cc(F)ccc4F)CC3)sc2c1. The lowest BCUT2D eigenvalue weighted by molar-refractivity contribution is -0.123. The molecule has 0 spiro atoms. The third kappa shape index (κ3) is 5.18. The molecule has 0 radical (unpaired) electrons. The first-order valence-electron chi connectivity index (χ1n) is 12.2. The molecule has 38 heavy (non-hydrogen) atoms. The van der Waals surface area contributed by atoms with E-state index in [4.69, 9.17) is 4.98 Å². The van der Waals surface area contributed by atoms with Gasteiger partial charge in [0.1, 0.15) is 16.5 Å². The summed E-state index contributed by atoms with van der Waals surface area (Å²) in [7, 11) is -4.24. The lowest BCUT2D eigenvalue weighted by Gasteiger charge is -2.33. The van der Waals surface area contributed by atoms with Gasteiger partial charge in [-0.05, 0) is 73.7 Å². The van der Waals surface area contributed by atoms with Crippen molar-refractivity contribution >= 4 is 42.6 Å². The Morgan fingerprint density at radius 3 is 2.61 bits per heavy atom. The number of sulfonamides is 1. The van der Waals surface area contributed by atoms with E-state index in [2.05, 4.69) is 11.1 Å². The minimum atomic E-state index is -4.24. The molecule has 1 saturated heterocycles. The highest BCUT2D eigenvalue weighted by atomic mass is 32.2. The number of nitrogens with zero attached hydrogens (tertiary/aromatic N) is 4. The van der Waals surface area contributed by atoms with Crippen LogP contribution in [0.2, 0.25) is 0 Å². The topological polar surface area (TPSA) is 83.5 Å². The number of hydrogen-bond acceptors (Lipinski definition) is 6. The van der Waals surface area contributed by atoms with Crippen molar-refractivity contribution in [2.24, 2.45) is 5.92 Å². The van der Waals surface area contributed by atoms with E-state index < -0.39 is 32.5 Å². The summed E-state index contributed by atoms with van der Waals surface area (Å²) in [6, 6.07) is 10.2. The van der Waals surface area contributed by atoms with Crippen molar-refractivity contribution < 1.29 is 22.0 Å². The van der Waals surface area contributed by atoms with Crippen LogP contribution in [0.15, 0.2) is 59.8 Å². The number of pyridine rings is 1. The molecule has 0 atom stereocenters. The first-order chi connectivity index (χ1) is 18.1. The van der Waals surface area contributed by atoms with E-state index in [1.807, 2.05) is 26.0 Å². The third-order valence-corrected chi connectivity index (χ3v) is 9.63. The molecule has 1 amide bonds. The fraction of sp³-hybridized carbons (Fsp3) is 0.296. The minimum Gasteiger partial charge on any atom is -0.283 e. The smallest absolute Gasteiger partial charge is 0.246 e. The highest BCUT2D eigenvalue weighted by molar-refractivity contribution is 7.89. The van der Waals surface area contributed by atoms with Gasteiger partial charge in [0.2, 0.25) is 15.9 Å². The van der Waals surface area contributed by atoms with Gasteiger partial charge >= 0.3 is 0 Å². The number of thiazole rings is 1. The number of rotatable bonds is 6. The zero-order valence-corrected chi connectivity index (χ0v) is 22.5. The number of hydrogen-bond donors (Lipinski definition) is 0. The summed E-state index contributed by atoms with van der Waals surface area (Å²) < 4.78 is 56.0. The van der Waals surface area contributed by atoms with Crippen LogP contribution in [0.25, 0.3) is 10.2 Å². The second-order valence-corrected chi connectivity index (χ2v) is 12.4. The van der Waals surface area contributed by atoms with Crippen LogP contribution in [-0.4, -0.2) is 41.7 Å². The number of piperidine rings is 1. The number of amides is 1. The molecule has 0 unspecified atom stereocenters. The maximum atomic E-state index is 14.2. The highest BCUT2D eigenvalue weighted by Crippen LogP contribution is 2.35. The van der Waals surface area contributed by atoms with Crippen molar-refractivity contribution in [1.29, 1.82) is 0 Å². The van der Waals surface area contributed by atoms with E-state index in [1.54, 1.807) is 23.4 Å². The standard InChI is InChI=1S/C27H26F2N4O3S2/c1-17-12-18(2)25-23(13-17)37-27(31-25)33(16-19-4-3-9-30-15-19)26(34)20-7-10-32(11-8-20)38(35,36)24-14-21(28)5-6-22(24)29/h3-6,9,12-15,20H,7-8,10-11,16H2,1-2H3. The fourth-order valence-electron chi connectivity index (χ4n) is 4.77. The van der Waals surface area contributed by atoms with Crippen molar-refractivity contribution in [3.8, 4) is 0 Å². The van der Waals surface area contributed by atoms with Crippen LogP contribution in [0.1, 0.15) is 29.5 Å². The molecule has 11 heteroatoms. The van der Waals surface area contributed by atoms with E-state index in [-0.39, 0.29) is 38.4 Å². The van der Waals surface area contributed by atoms with E-state index in [0.29, 0.717) is 11.2 Å². The molecule has 4 aromatic rings. The molecule has 1 aliphatic rings. The van der Waals surface area contributed by atoms with Crippen molar-refractivity contribution in [3.63, 3.8) is 0 Å². The Bertz CT molecular complexity index is 1600. The number of halogens is 2. The Kier molecular flexibility index (Phi) is 7.26. The molecule has 0 bridgehead atoms. The van der Waals surface area contributed by atoms with Gasteiger partial charge < -0.3 is 0 Å². The van der Waals surface area contributed by atoms with Crippen molar-refractivity contribution in [2.75, 3.05) is 18.0 Å². The summed E-state index contributed by atoms with van der Waals surface area (Å²) in [6.45, 7) is 4.32. The Morgan fingerprint density at radius 2 is 1.89 bits per heavy atom. The van der Waals surface area contributed by atoms with E-state index in [0.717, 1.165) is 43.3 Å². The molecule has 7 nitrogen and oxygen atoms in total. The molecule has 0 saturated carbocycles. The average Bonchev–Trinajstić information content (AvgIpc) is 3.33. The van der Waals surface area contributed by atoms with Crippen LogP contribution in [0.4, 0.5) is 13.9 Å². The number of carbonyl (C=O) groups is 1. The molecule has 3 heterocycles. The minimum absolute atomic E-state index is 0.0214. The maximum Gasteiger partial charge on any atom is 0.246 e. The second-order valence-electron chi connectivity index (χ2n) is 9.46. The van der Waals surface area contributed by atoms with Crippen molar-refractivity contribution in [1.82, 2.24) is 14.3 Å². The maximum absolute atomic E-state index is 14.2. The van der Waals surface area contributed by atoms with Crippen LogP contribution >= 0.6 is 11.3 Å². The summed E-state index contributed by atoms with van der Waals surface area (Å²) in [5.74, 6) is -2.45. The quantitative estimate of drug-likeness (QED) is 0.325. The van der Waals surface area contributed by atoms with Crippen LogP contribution in [-0.2, 0) is 21.4 Å². The molecule has 0 aliphatic carbocycles. The molecular weight excluding hydrogens is 530 g/mol. The molecule has 2 aromatic heterocycles. The number of aryl methyl sites for hydroxylation is 2. The fourth-order valence-corrected chi connectivity index (χ4v) is 7.46. The van der Waals surface area contributed by atoms with Gasteiger partial charge in [-0.1, -0.05) is 23.5 Å². The van der Waals surface area contributed by atoms with Crippen LogP contribution in [0, 0.1) is 31.4 Å². The van der Waals surface area contributed by atoms with Gasteiger partial charge in [0.05, 0.1) is 16.8 Å². The largest absolute Gasteiger partial charge is 0.283 e. The van der Waals surface area contributed by atoms with Gasteiger partial charge in [-0.25, -0.2) is 22.2 Å². The summed E-state index contributed by atoms with van der Waals surface area (Å²) in [5, 5.41) is 0.569. The van der Waals surface area contributed by atoms with Crippen molar-refractivity contribution in [3.05, 3.63) is 83.2 Å². The van der Waals surface area contributed by atoms with Crippen molar-refractivity contribution in [2.45, 2.75) is 38.1 Å². The summed E-state index contributed by atoms with van der Waals surface area (Å²) in [5.41, 5.74) is 3.82. The van der Waals surface area contributed by atoms with Crippen LogP contribution in [0.3, 0.4) is 0 Å². The number of anilines is 1. The molecule has 2 aromatic carbocycles. The zero-order chi connectivity index (χ0) is 27.0. The first kappa shape index (κ1) is 26.3. The third-order valence-electron chi connectivity index (χ3n) is 6.69. The number of carbonyl (C=O) groups excluding carboxylic acids is 1. The van der Waals surface area contributed by atoms with E-state index in [1.165, 1.54) is 11.3 Å². The Labute approximate surface area is 223 Å². The molecule has 5 rings (SSSR count). The molecule has 1 aliphatic heterocycles. The molecule has 1 fully saturated rings. The Hall–Kier alpha value is -3.28. The van der Waals surface area contributed by atoms with Gasteiger partial charge in [0, 0.05) is 31.4 Å². The lowest BCUT2D eigenvalue weighted by Crippen LogP contribution is -2.44. The van der Waals surface area contributed by atoms with Gasteiger partial charge in [-0.2, -0.15) is 4.31 Å². The summed E-state index contributed by atoms with van der Waals surface area (Å²) in [4.78, 5) is 23.8. The van der Waals surface area contributed by atoms with E-state index in [9.17, 15) is 22.0 Å². The summed E-state index contributed by atoms with van der Waals surface area (Å²) in [6.07, 6.45) is 3.87. The van der Waals surface area contributed by atoms with Crippen LogP contribution < -0.4 is 4.90 Å². The lowest BCUT2D eigenvalue weighted by atomic mass is 9.96. The average molecular weight is 557 g/mol. The Balaban J connectivity index is 1.40. The zero-order valence-electron chi connectivity index (χ0n) is 20.9. The number of benzene rings is 2. The highest BCUT2D eigenvalue weighted by Gasteiger charge is 2.36. The van der Waals surface area contributed by atoms with E-state index >= 15 is 0 Å². The predicted octanol–water partition coefficient (Wildman–Crippen LogP) is 5.22. The molecular formula is C27H26F2N4O3S2. The monoisotopic (exact) mass is 556 g/mol. The van der Waals surface area contributed by atoms with Crippen LogP contribution in [0.5, 0.6) is 0 Å². The van der Waals surface area contributed by atoms with Gasteiger partial charge in [0.25, 0.3) is 0 Å². The normalized spacial score (nSPS) is 15.2. The summed E-state index contributed by atoms with van der Waals surface area (Å²) >= 11 is 1.44. The number of fused-ring (bicyclic) bond motifs is 1. The van der Waals surface area contributed by atoms with Gasteiger partial charge in [0.15, 0.2) is 5.13 Å².